The maximum atomic E-state index is 13.0. The Hall–Kier alpha value is -1.94. The first-order valence-corrected chi connectivity index (χ1v) is 41.3. The second-order valence-electron chi connectivity index (χ2n) is 28.1. The quantitative estimate of drug-likeness (QED) is 0.0222. The molecule has 0 heterocycles. The van der Waals surface area contributed by atoms with E-state index in [9.17, 15) is 43.2 Å². The Morgan fingerprint density at radius 3 is 0.763 bits per heavy atom. The molecule has 0 saturated carbocycles. The number of phosphoric ester groups is 2. The molecule has 17 nitrogen and oxygen atoms in total. The molecule has 0 aromatic heterocycles. The summed E-state index contributed by atoms with van der Waals surface area (Å²) in [5.41, 5.74) is 0. The van der Waals surface area contributed by atoms with Gasteiger partial charge >= 0.3 is 39.5 Å². The molecule has 0 aromatic rings. The molecule has 0 fully saturated rings. The van der Waals surface area contributed by atoms with Crippen molar-refractivity contribution in [1.29, 1.82) is 0 Å². The van der Waals surface area contributed by atoms with Crippen LogP contribution in [-0.4, -0.2) is 96.7 Å². The van der Waals surface area contributed by atoms with E-state index in [1.807, 2.05) is 0 Å². The fourth-order valence-corrected chi connectivity index (χ4v) is 12.7. The number of esters is 4. The SMILES string of the molecule is CCC(C)CCCCCCCCCCCCCCCCC(=O)O[C@H](COC(=O)CCCCCCCCC(C)C)COP(=O)(O)OC[C@H](O)COP(=O)(O)OC[C@@H](COC(=O)CCCCCCCCCCCCCCCC(C)C)OC(=O)CCCCCCCCC(C)CC. The van der Waals surface area contributed by atoms with Gasteiger partial charge in [-0.25, -0.2) is 9.13 Å². The number of hydrogen-bond acceptors (Lipinski definition) is 15. The second kappa shape index (κ2) is 63.5. The van der Waals surface area contributed by atoms with Gasteiger partial charge in [-0.15, -0.1) is 0 Å². The lowest BCUT2D eigenvalue weighted by Gasteiger charge is -2.21. The zero-order chi connectivity index (χ0) is 68.9. The van der Waals surface area contributed by atoms with Gasteiger partial charge in [-0.1, -0.05) is 319 Å². The summed E-state index contributed by atoms with van der Waals surface area (Å²) >= 11 is 0. The molecule has 0 aliphatic rings. The van der Waals surface area contributed by atoms with Crippen LogP contribution < -0.4 is 0 Å². The van der Waals surface area contributed by atoms with Gasteiger partial charge in [-0.05, 0) is 49.4 Å². The minimum Gasteiger partial charge on any atom is -0.462 e. The summed E-state index contributed by atoms with van der Waals surface area (Å²) in [7, 11) is -9.91. The van der Waals surface area contributed by atoms with Crippen LogP contribution in [-0.2, 0) is 65.4 Å². The number of carbonyl (C=O) groups is 4. The molecule has 0 amide bonds. The van der Waals surface area contributed by atoms with Crippen molar-refractivity contribution < 1.29 is 80.2 Å². The fourth-order valence-electron chi connectivity index (χ4n) is 11.1. The molecule has 0 aliphatic heterocycles. The number of carbonyl (C=O) groups excluding carboxylic acids is 4. The molecule has 0 spiro atoms. The topological polar surface area (TPSA) is 237 Å². The van der Waals surface area contributed by atoms with Crippen LogP contribution in [0.5, 0.6) is 0 Å². The van der Waals surface area contributed by atoms with E-state index in [0.29, 0.717) is 31.6 Å². The maximum absolute atomic E-state index is 13.0. The Morgan fingerprint density at radius 2 is 0.516 bits per heavy atom. The Kier molecular flexibility index (Phi) is 62.2. The van der Waals surface area contributed by atoms with Gasteiger partial charge in [-0.3, -0.25) is 37.3 Å². The van der Waals surface area contributed by atoms with Crippen molar-refractivity contribution in [2.45, 2.75) is 388 Å². The number of ether oxygens (including phenoxy) is 4. The van der Waals surface area contributed by atoms with E-state index < -0.39 is 97.5 Å². The third-order valence-electron chi connectivity index (χ3n) is 17.8. The Morgan fingerprint density at radius 1 is 0.301 bits per heavy atom. The summed E-state index contributed by atoms with van der Waals surface area (Å²) in [4.78, 5) is 72.6. The molecule has 4 unspecified atom stereocenters. The van der Waals surface area contributed by atoms with Crippen LogP contribution in [0.4, 0.5) is 0 Å². The van der Waals surface area contributed by atoms with E-state index >= 15 is 0 Å². The van der Waals surface area contributed by atoms with Gasteiger partial charge in [0.2, 0.25) is 0 Å². The van der Waals surface area contributed by atoms with E-state index in [0.717, 1.165) is 114 Å². The predicted molar refractivity (Wildman–Crippen MR) is 377 cm³/mol. The van der Waals surface area contributed by atoms with Gasteiger partial charge < -0.3 is 33.8 Å². The normalized spacial score (nSPS) is 14.8. The van der Waals surface area contributed by atoms with Crippen LogP contribution in [0.15, 0.2) is 0 Å². The molecule has 0 aliphatic carbocycles. The lowest BCUT2D eigenvalue weighted by molar-refractivity contribution is -0.161. The summed E-state index contributed by atoms with van der Waals surface area (Å²) in [6.07, 6.45) is 47.4. The van der Waals surface area contributed by atoms with Gasteiger partial charge in [-0.2, -0.15) is 0 Å². The molecule has 7 atom stereocenters. The molecule has 0 rings (SSSR count). The van der Waals surface area contributed by atoms with Gasteiger partial charge in [0.15, 0.2) is 12.2 Å². The Bertz CT molecular complexity index is 1840. The minimum absolute atomic E-state index is 0.103. The van der Waals surface area contributed by atoms with Crippen LogP contribution in [0.1, 0.15) is 370 Å². The summed E-state index contributed by atoms with van der Waals surface area (Å²) in [5.74, 6) is 0.908. The summed E-state index contributed by atoms with van der Waals surface area (Å²) in [6, 6.07) is 0. The summed E-state index contributed by atoms with van der Waals surface area (Å²) in [6.45, 7) is 14.1. The number of phosphoric acid groups is 2. The van der Waals surface area contributed by atoms with E-state index in [1.54, 1.807) is 0 Å². The zero-order valence-corrected chi connectivity index (χ0v) is 62.7. The summed E-state index contributed by atoms with van der Waals surface area (Å²) in [5, 5.41) is 10.6. The molecule has 0 aromatic carbocycles. The van der Waals surface area contributed by atoms with Gasteiger partial charge in [0.1, 0.15) is 19.3 Å². The average Bonchev–Trinajstić information content (AvgIpc) is 3.68. The molecule has 0 radical (unpaired) electrons. The first-order chi connectivity index (χ1) is 44.7. The van der Waals surface area contributed by atoms with Crippen molar-refractivity contribution in [2.24, 2.45) is 23.7 Å². The van der Waals surface area contributed by atoms with Crippen LogP contribution in [0.2, 0.25) is 0 Å². The maximum Gasteiger partial charge on any atom is 0.472 e. The van der Waals surface area contributed by atoms with Crippen molar-refractivity contribution in [3.63, 3.8) is 0 Å². The Labute approximate surface area is 568 Å². The third-order valence-corrected chi connectivity index (χ3v) is 19.7. The van der Waals surface area contributed by atoms with Crippen LogP contribution in [0.25, 0.3) is 0 Å². The fraction of sp³-hybridized carbons (Fsp3) is 0.946. The summed E-state index contributed by atoms with van der Waals surface area (Å²) < 4.78 is 68.4. The van der Waals surface area contributed by atoms with Crippen LogP contribution in [0, 0.1) is 23.7 Å². The molecule has 0 saturated heterocycles. The number of unbranched alkanes of at least 4 members (excludes halogenated alkanes) is 35. The van der Waals surface area contributed by atoms with Crippen molar-refractivity contribution in [2.75, 3.05) is 39.6 Å². The van der Waals surface area contributed by atoms with Gasteiger partial charge in [0.25, 0.3) is 0 Å². The number of aliphatic hydroxyl groups is 1. The highest BCUT2D eigenvalue weighted by atomic mass is 31.2. The molecular formula is C74H144O17P2. The molecule has 552 valence electrons. The van der Waals surface area contributed by atoms with Crippen molar-refractivity contribution in [3.05, 3.63) is 0 Å². The number of hydrogen-bond donors (Lipinski definition) is 3. The molecule has 19 heteroatoms. The largest absolute Gasteiger partial charge is 0.472 e. The van der Waals surface area contributed by atoms with Crippen molar-refractivity contribution >= 4 is 39.5 Å². The predicted octanol–water partition coefficient (Wildman–Crippen LogP) is 21.3. The minimum atomic E-state index is -4.95. The number of rotatable bonds is 71. The lowest BCUT2D eigenvalue weighted by Crippen LogP contribution is -2.30. The molecule has 0 bridgehead atoms. The van der Waals surface area contributed by atoms with Crippen LogP contribution >= 0.6 is 15.6 Å². The van der Waals surface area contributed by atoms with Gasteiger partial charge in [0, 0.05) is 25.7 Å². The molecule has 3 N–H and O–H groups in total. The highest BCUT2D eigenvalue weighted by molar-refractivity contribution is 7.47. The van der Waals surface area contributed by atoms with Crippen LogP contribution in [0.3, 0.4) is 0 Å². The highest BCUT2D eigenvalue weighted by Crippen LogP contribution is 2.45. The average molecular weight is 1370 g/mol. The second-order valence-corrected chi connectivity index (χ2v) is 31.0. The third kappa shape index (κ3) is 65.8. The van der Waals surface area contributed by atoms with Crippen molar-refractivity contribution in [1.82, 2.24) is 0 Å². The molecule has 93 heavy (non-hydrogen) atoms. The monoisotopic (exact) mass is 1370 g/mol. The molecular weight excluding hydrogens is 1220 g/mol. The van der Waals surface area contributed by atoms with Crippen molar-refractivity contribution in [3.8, 4) is 0 Å². The van der Waals surface area contributed by atoms with E-state index in [-0.39, 0.29) is 25.7 Å². The van der Waals surface area contributed by atoms with Gasteiger partial charge in [0.05, 0.1) is 26.4 Å². The van der Waals surface area contributed by atoms with E-state index in [4.69, 9.17) is 37.0 Å². The highest BCUT2D eigenvalue weighted by Gasteiger charge is 2.30. The number of aliphatic hydroxyl groups excluding tert-OH is 1. The standard InChI is InChI=1S/C74H144O17P2/c1-9-66(7)52-44-36-27-23-19-15-11-12-16-21-25-29-40-48-56-73(78)90-69(61-85-72(77)55-47-39-32-30-35-43-51-65(5)6)62-88-92(80,81)86-58-68(75)59-87-93(82,83)89-63-70(91-74(79)57-49-41-33-31-37-45-53-67(8)10-2)60-84-71(76)54-46-38-28-24-20-17-13-14-18-22-26-34-42-50-64(3)4/h64-70,75H,9-63H2,1-8H3,(H,80,81)(H,82,83)/t66?,67?,68-,69+,70+/m0/s1. The Balaban J connectivity index is 5.19. The lowest BCUT2D eigenvalue weighted by atomic mass is 9.99. The first kappa shape index (κ1) is 91.1. The van der Waals surface area contributed by atoms with E-state index in [2.05, 4.69) is 55.4 Å². The zero-order valence-electron chi connectivity index (χ0n) is 60.9. The first-order valence-electron chi connectivity index (χ1n) is 38.3. The smallest absolute Gasteiger partial charge is 0.462 e. The van der Waals surface area contributed by atoms with E-state index in [1.165, 1.54) is 167 Å².